The van der Waals surface area contributed by atoms with Gasteiger partial charge in [-0.3, -0.25) is 10.1 Å². The van der Waals surface area contributed by atoms with Gasteiger partial charge in [-0.2, -0.15) is 54.9 Å². The van der Waals surface area contributed by atoms with Gasteiger partial charge in [-0.1, -0.05) is 0 Å². The van der Waals surface area contributed by atoms with E-state index in [1.165, 1.54) is 11.4 Å². The first-order chi connectivity index (χ1) is 15.0. The highest BCUT2D eigenvalue weighted by Gasteiger charge is 2.56. The maximum atomic E-state index is 13.2. The topological polar surface area (TPSA) is 93.2 Å². The van der Waals surface area contributed by atoms with Gasteiger partial charge in [0, 0.05) is 6.42 Å². The molecular formula is C17H9F9N6O. The SMILES string of the molecule is C[C@]12CC(C(F)(F)F)=NN1C(NC(=O)C(F)(F)F)=NC2=Nc1ccc(C#N)c(C(F)(F)F)c1. The molecule has 2 aliphatic rings. The van der Waals surface area contributed by atoms with Crippen molar-refractivity contribution in [1.82, 2.24) is 10.3 Å². The summed E-state index contributed by atoms with van der Waals surface area (Å²) in [5.41, 5.74) is -6.03. The highest BCUT2D eigenvalue weighted by molar-refractivity contribution is 6.16. The lowest BCUT2D eigenvalue weighted by Gasteiger charge is -2.26. The molecular weight excluding hydrogens is 475 g/mol. The van der Waals surface area contributed by atoms with E-state index in [4.69, 9.17) is 5.26 Å². The molecule has 2 aliphatic heterocycles. The van der Waals surface area contributed by atoms with Gasteiger partial charge in [-0.05, 0) is 25.1 Å². The number of hydrazone groups is 1. The van der Waals surface area contributed by atoms with E-state index in [-0.39, 0.29) is 0 Å². The smallest absolute Gasteiger partial charge is 0.287 e. The maximum Gasteiger partial charge on any atom is 0.471 e. The summed E-state index contributed by atoms with van der Waals surface area (Å²) in [5, 5.41) is 13.7. The number of nitrogens with one attached hydrogen (secondary N) is 1. The molecule has 0 aromatic heterocycles. The molecule has 7 nitrogen and oxygen atoms in total. The zero-order valence-corrected chi connectivity index (χ0v) is 16.0. The standard InChI is InChI=1S/C17H9F9N6O/c1-14-5-10(16(21,22)23)31-32(14)13(30-12(33)17(24,25)26)29-11(14)28-8-3-2-7(6-27)9(4-8)15(18,19)20/h2-4H,5H2,1H3,(H,28,29,30,33)/t14-/m1/s1. The fourth-order valence-corrected chi connectivity index (χ4v) is 3.00. The lowest BCUT2D eigenvalue weighted by atomic mass is 9.95. The number of hydrogen-bond donors (Lipinski definition) is 1. The second-order valence-corrected chi connectivity index (χ2v) is 6.97. The van der Waals surface area contributed by atoms with Gasteiger partial charge in [0.05, 0.1) is 22.9 Å². The summed E-state index contributed by atoms with van der Waals surface area (Å²) in [6, 6.07) is 3.47. The normalized spacial score (nSPS) is 22.1. The Morgan fingerprint density at radius 3 is 2.30 bits per heavy atom. The van der Waals surface area contributed by atoms with E-state index in [0.717, 1.165) is 19.1 Å². The minimum atomic E-state index is -5.41. The van der Waals surface area contributed by atoms with Crippen LogP contribution < -0.4 is 5.32 Å². The average molecular weight is 484 g/mol. The quantitative estimate of drug-likeness (QED) is 0.610. The first kappa shape index (κ1) is 24.0. The molecule has 0 aliphatic carbocycles. The van der Waals surface area contributed by atoms with Crippen LogP contribution >= 0.6 is 0 Å². The third kappa shape index (κ3) is 4.47. The summed E-state index contributed by atoms with van der Waals surface area (Å²) < 4.78 is 117. The highest BCUT2D eigenvalue weighted by Crippen LogP contribution is 2.40. The maximum absolute atomic E-state index is 13.2. The number of nitrogens with zero attached hydrogens (tertiary/aromatic N) is 5. The van der Waals surface area contributed by atoms with Crippen LogP contribution in [0.2, 0.25) is 0 Å². The predicted octanol–water partition coefficient (Wildman–Crippen LogP) is 4.04. The summed E-state index contributed by atoms with van der Waals surface area (Å²) >= 11 is 0. The van der Waals surface area contributed by atoms with E-state index in [9.17, 15) is 44.3 Å². The summed E-state index contributed by atoms with van der Waals surface area (Å²) in [6.07, 6.45) is -16.3. The molecule has 0 spiro atoms. The Hall–Kier alpha value is -3.64. The molecule has 3 rings (SSSR count). The monoisotopic (exact) mass is 484 g/mol. The van der Waals surface area contributed by atoms with E-state index in [0.29, 0.717) is 11.1 Å². The zero-order valence-electron chi connectivity index (χ0n) is 16.0. The summed E-state index contributed by atoms with van der Waals surface area (Å²) in [5.74, 6) is -4.23. The zero-order chi connectivity index (χ0) is 25.0. The van der Waals surface area contributed by atoms with Crippen LogP contribution in [0.15, 0.2) is 33.3 Å². The van der Waals surface area contributed by atoms with E-state index in [1.807, 2.05) is 0 Å². The molecule has 1 aromatic rings. The van der Waals surface area contributed by atoms with E-state index < -0.39 is 70.7 Å². The summed E-state index contributed by atoms with van der Waals surface area (Å²) in [4.78, 5) is 18.6. The van der Waals surface area contributed by atoms with Crippen molar-refractivity contribution in [3.63, 3.8) is 0 Å². The fourth-order valence-electron chi connectivity index (χ4n) is 3.00. The Bertz CT molecular complexity index is 1140. The summed E-state index contributed by atoms with van der Waals surface area (Å²) in [6.45, 7) is 1.05. The second kappa shape index (κ2) is 7.46. The number of carbonyl (C=O) groups excluding carboxylic acids is 1. The minimum Gasteiger partial charge on any atom is -0.287 e. The number of aliphatic imine (C=N–C) groups is 2. The number of halogens is 9. The Kier molecular flexibility index (Phi) is 5.43. The van der Waals surface area contributed by atoms with E-state index in [2.05, 4.69) is 15.1 Å². The number of nitriles is 1. The number of amidine groups is 1. The van der Waals surface area contributed by atoms with Gasteiger partial charge in [0.1, 0.15) is 11.3 Å². The largest absolute Gasteiger partial charge is 0.471 e. The molecule has 0 radical (unpaired) electrons. The molecule has 0 saturated heterocycles. The summed E-state index contributed by atoms with van der Waals surface area (Å²) in [7, 11) is 0. The average Bonchev–Trinajstić information content (AvgIpc) is 3.14. The third-order valence-corrected chi connectivity index (χ3v) is 4.57. The molecule has 1 amide bonds. The van der Waals surface area contributed by atoms with Gasteiger partial charge in [-0.25, -0.2) is 10.0 Å². The van der Waals surface area contributed by atoms with Crippen LogP contribution in [0.25, 0.3) is 0 Å². The van der Waals surface area contributed by atoms with Crippen molar-refractivity contribution < 1.29 is 44.3 Å². The van der Waals surface area contributed by atoms with Crippen LogP contribution in [0.1, 0.15) is 24.5 Å². The van der Waals surface area contributed by atoms with Crippen LogP contribution in [0.5, 0.6) is 0 Å². The number of alkyl halides is 9. The van der Waals surface area contributed by atoms with Crippen LogP contribution in [0.3, 0.4) is 0 Å². The molecule has 1 atom stereocenters. The molecule has 2 heterocycles. The van der Waals surface area contributed by atoms with Crippen molar-refractivity contribution in [3.8, 4) is 6.07 Å². The van der Waals surface area contributed by atoms with Gasteiger partial charge in [-0.15, -0.1) is 0 Å². The third-order valence-electron chi connectivity index (χ3n) is 4.57. The van der Waals surface area contributed by atoms with E-state index >= 15 is 0 Å². The lowest BCUT2D eigenvalue weighted by molar-refractivity contribution is -0.172. The minimum absolute atomic E-state index is 0.368. The number of guanidine groups is 1. The number of hydrogen-bond acceptors (Lipinski definition) is 5. The van der Waals surface area contributed by atoms with Gasteiger partial charge in [0.15, 0.2) is 5.84 Å². The van der Waals surface area contributed by atoms with Gasteiger partial charge in [0.25, 0.3) is 0 Å². The first-order valence-corrected chi connectivity index (χ1v) is 8.59. The van der Waals surface area contributed by atoms with Crippen molar-refractivity contribution in [2.24, 2.45) is 15.1 Å². The lowest BCUT2D eigenvalue weighted by Crippen LogP contribution is -2.50. The van der Waals surface area contributed by atoms with E-state index in [1.54, 1.807) is 0 Å². The second-order valence-electron chi connectivity index (χ2n) is 6.97. The Morgan fingerprint density at radius 2 is 1.79 bits per heavy atom. The molecule has 176 valence electrons. The van der Waals surface area contributed by atoms with Crippen molar-refractivity contribution >= 4 is 29.1 Å². The number of rotatable bonds is 1. The van der Waals surface area contributed by atoms with Crippen molar-refractivity contribution in [2.45, 2.75) is 37.4 Å². The number of amides is 1. The number of benzene rings is 1. The molecule has 16 heteroatoms. The molecule has 0 bridgehead atoms. The molecule has 0 unspecified atom stereocenters. The first-order valence-electron chi connectivity index (χ1n) is 8.59. The highest BCUT2D eigenvalue weighted by atomic mass is 19.4. The van der Waals surface area contributed by atoms with Crippen molar-refractivity contribution in [3.05, 3.63) is 29.3 Å². The Labute approximate surface area is 177 Å². The van der Waals surface area contributed by atoms with Crippen molar-refractivity contribution in [1.29, 1.82) is 5.26 Å². The van der Waals surface area contributed by atoms with Crippen LogP contribution in [0, 0.1) is 11.3 Å². The molecule has 0 fully saturated rings. The number of carbonyl (C=O) groups is 1. The Balaban J connectivity index is 2.11. The molecule has 1 N–H and O–H groups in total. The van der Waals surface area contributed by atoms with Crippen LogP contribution in [-0.2, 0) is 11.0 Å². The predicted molar refractivity (Wildman–Crippen MR) is 93.2 cm³/mol. The molecule has 33 heavy (non-hydrogen) atoms. The molecule has 1 aromatic carbocycles. The number of fused-ring (bicyclic) bond motifs is 1. The fraction of sp³-hybridized carbons (Fsp3) is 0.353. The van der Waals surface area contributed by atoms with Gasteiger partial charge < -0.3 is 0 Å². The molecule has 0 saturated carbocycles. The van der Waals surface area contributed by atoms with Crippen LogP contribution in [0.4, 0.5) is 45.2 Å². The van der Waals surface area contributed by atoms with Gasteiger partial charge >= 0.3 is 24.4 Å². The van der Waals surface area contributed by atoms with Crippen molar-refractivity contribution in [2.75, 3.05) is 0 Å². The van der Waals surface area contributed by atoms with Gasteiger partial charge in [0.2, 0.25) is 5.96 Å². The Morgan fingerprint density at radius 1 is 1.15 bits per heavy atom. The van der Waals surface area contributed by atoms with Crippen LogP contribution in [-0.4, -0.2) is 46.3 Å².